The van der Waals surface area contributed by atoms with E-state index in [0.29, 0.717) is 5.92 Å². The zero-order valence-electron chi connectivity index (χ0n) is 9.46. The highest BCUT2D eigenvalue weighted by Crippen LogP contribution is 2.49. The standard InChI is InChI=1S/C12H15NO3S/c14-12(15)9-5-8(9)11-13-10(6-17-11)7-1-3-16-4-2-7/h6-9H,1-5H2,(H,14,15). The van der Waals surface area contributed by atoms with Gasteiger partial charge in [0.2, 0.25) is 0 Å². The van der Waals surface area contributed by atoms with Crippen LogP contribution in [-0.4, -0.2) is 29.3 Å². The minimum absolute atomic E-state index is 0.172. The second kappa shape index (κ2) is 4.38. The number of aliphatic carboxylic acids is 1. The Balaban J connectivity index is 1.68. The fourth-order valence-corrected chi connectivity index (χ4v) is 3.47. The van der Waals surface area contributed by atoms with Gasteiger partial charge in [-0.2, -0.15) is 0 Å². The number of rotatable bonds is 3. The van der Waals surface area contributed by atoms with Gasteiger partial charge >= 0.3 is 5.97 Å². The minimum Gasteiger partial charge on any atom is -0.481 e. The van der Waals surface area contributed by atoms with Gasteiger partial charge in [-0.05, 0) is 19.3 Å². The Morgan fingerprint density at radius 3 is 2.88 bits per heavy atom. The number of carbonyl (C=O) groups is 1. The molecule has 1 aromatic rings. The maximum Gasteiger partial charge on any atom is 0.307 e. The maximum absolute atomic E-state index is 10.8. The van der Waals surface area contributed by atoms with Crippen molar-refractivity contribution in [3.63, 3.8) is 0 Å². The molecule has 5 heteroatoms. The summed E-state index contributed by atoms with van der Waals surface area (Å²) in [7, 11) is 0. The molecule has 3 rings (SSSR count). The van der Waals surface area contributed by atoms with E-state index in [1.807, 2.05) is 0 Å². The third kappa shape index (κ3) is 2.21. The molecule has 1 saturated heterocycles. The predicted octanol–water partition coefficient (Wildman–Crippen LogP) is 2.23. The molecule has 0 bridgehead atoms. The molecule has 1 aromatic heterocycles. The smallest absolute Gasteiger partial charge is 0.307 e. The average Bonchev–Trinajstić information content (AvgIpc) is 3.01. The highest BCUT2D eigenvalue weighted by atomic mass is 32.1. The predicted molar refractivity (Wildman–Crippen MR) is 63.4 cm³/mol. The zero-order valence-corrected chi connectivity index (χ0v) is 10.3. The van der Waals surface area contributed by atoms with Crippen LogP contribution in [0.5, 0.6) is 0 Å². The molecule has 1 saturated carbocycles. The van der Waals surface area contributed by atoms with Crippen LogP contribution in [0.3, 0.4) is 0 Å². The van der Waals surface area contributed by atoms with Gasteiger partial charge in [0.25, 0.3) is 0 Å². The largest absolute Gasteiger partial charge is 0.481 e. The summed E-state index contributed by atoms with van der Waals surface area (Å²) in [6.07, 6.45) is 2.84. The van der Waals surface area contributed by atoms with Crippen LogP contribution in [0.4, 0.5) is 0 Å². The molecule has 2 heterocycles. The number of nitrogens with zero attached hydrogens (tertiary/aromatic N) is 1. The van der Waals surface area contributed by atoms with Crippen LogP contribution >= 0.6 is 11.3 Å². The molecule has 0 spiro atoms. The van der Waals surface area contributed by atoms with Gasteiger partial charge in [0, 0.05) is 30.4 Å². The normalized spacial score (nSPS) is 29.2. The molecule has 0 aromatic carbocycles. The Morgan fingerprint density at radius 2 is 2.24 bits per heavy atom. The summed E-state index contributed by atoms with van der Waals surface area (Å²) < 4.78 is 5.33. The average molecular weight is 253 g/mol. The first-order valence-corrected chi connectivity index (χ1v) is 6.89. The van der Waals surface area contributed by atoms with Crippen molar-refractivity contribution in [2.75, 3.05) is 13.2 Å². The van der Waals surface area contributed by atoms with Crippen molar-refractivity contribution in [1.29, 1.82) is 0 Å². The molecule has 2 unspecified atom stereocenters. The number of carboxylic acid groups (broad SMARTS) is 1. The maximum atomic E-state index is 10.8. The summed E-state index contributed by atoms with van der Waals surface area (Å²) in [6, 6.07) is 0. The van der Waals surface area contributed by atoms with Crippen molar-refractivity contribution in [3.8, 4) is 0 Å². The summed E-state index contributed by atoms with van der Waals surface area (Å²) in [5.74, 6) is -0.191. The van der Waals surface area contributed by atoms with Crippen molar-refractivity contribution in [2.24, 2.45) is 5.92 Å². The number of ether oxygens (including phenoxy) is 1. The van der Waals surface area contributed by atoms with E-state index in [1.165, 1.54) is 0 Å². The molecule has 17 heavy (non-hydrogen) atoms. The summed E-state index contributed by atoms with van der Waals surface area (Å²) in [5, 5.41) is 12.0. The van der Waals surface area contributed by atoms with Gasteiger partial charge in [0.15, 0.2) is 0 Å². The molecule has 1 aliphatic carbocycles. The zero-order chi connectivity index (χ0) is 11.8. The summed E-state index contributed by atoms with van der Waals surface area (Å²) in [5.41, 5.74) is 1.14. The molecule has 92 valence electrons. The molecule has 4 nitrogen and oxygen atoms in total. The Bertz CT molecular complexity index is 425. The second-order valence-corrected chi connectivity index (χ2v) is 5.67. The third-order valence-electron chi connectivity index (χ3n) is 3.60. The van der Waals surface area contributed by atoms with Crippen molar-refractivity contribution in [2.45, 2.75) is 31.1 Å². The highest BCUT2D eigenvalue weighted by molar-refractivity contribution is 7.09. The first kappa shape index (κ1) is 11.2. The minimum atomic E-state index is -0.683. The first-order valence-electron chi connectivity index (χ1n) is 6.01. The first-order chi connectivity index (χ1) is 8.25. The van der Waals surface area contributed by atoms with Crippen LogP contribution < -0.4 is 0 Å². The van der Waals surface area contributed by atoms with Gasteiger partial charge < -0.3 is 9.84 Å². The van der Waals surface area contributed by atoms with Gasteiger partial charge in [-0.1, -0.05) is 0 Å². The van der Waals surface area contributed by atoms with Crippen LogP contribution in [0.2, 0.25) is 0 Å². The van der Waals surface area contributed by atoms with E-state index in [0.717, 1.165) is 43.2 Å². The van der Waals surface area contributed by atoms with E-state index in [2.05, 4.69) is 10.4 Å². The Hall–Kier alpha value is -0.940. The number of carboxylic acids is 1. The fraction of sp³-hybridized carbons (Fsp3) is 0.667. The SMILES string of the molecule is O=C(O)C1CC1c1nc(C2CCOCC2)cs1. The molecule has 2 aliphatic rings. The Morgan fingerprint density at radius 1 is 1.47 bits per heavy atom. The molecule has 2 fully saturated rings. The lowest BCUT2D eigenvalue weighted by atomic mass is 9.97. The summed E-state index contributed by atoms with van der Waals surface area (Å²) in [6.45, 7) is 1.64. The molecule has 1 aliphatic heterocycles. The van der Waals surface area contributed by atoms with E-state index in [-0.39, 0.29) is 11.8 Å². The van der Waals surface area contributed by atoms with E-state index < -0.39 is 5.97 Å². The van der Waals surface area contributed by atoms with Gasteiger partial charge in [-0.25, -0.2) is 4.98 Å². The number of hydrogen-bond donors (Lipinski definition) is 1. The quantitative estimate of drug-likeness (QED) is 0.897. The van der Waals surface area contributed by atoms with Crippen molar-refractivity contribution < 1.29 is 14.6 Å². The monoisotopic (exact) mass is 253 g/mol. The number of thiazole rings is 1. The van der Waals surface area contributed by atoms with Gasteiger partial charge in [0.05, 0.1) is 16.6 Å². The lowest BCUT2D eigenvalue weighted by molar-refractivity contribution is -0.138. The summed E-state index contributed by atoms with van der Waals surface area (Å²) >= 11 is 1.62. The molecule has 1 N–H and O–H groups in total. The van der Waals surface area contributed by atoms with Crippen LogP contribution in [0.25, 0.3) is 0 Å². The Labute approximate surface area is 104 Å². The van der Waals surface area contributed by atoms with E-state index in [9.17, 15) is 4.79 Å². The van der Waals surface area contributed by atoms with Crippen LogP contribution in [0.15, 0.2) is 5.38 Å². The van der Waals surface area contributed by atoms with Gasteiger partial charge in [-0.15, -0.1) is 11.3 Å². The molecule has 2 atom stereocenters. The fourth-order valence-electron chi connectivity index (χ4n) is 2.39. The molecular weight excluding hydrogens is 238 g/mol. The van der Waals surface area contributed by atoms with Gasteiger partial charge in [-0.3, -0.25) is 4.79 Å². The lowest BCUT2D eigenvalue weighted by Crippen LogP contribution is -2.14. The lowest BCUT2D eigenvalue weighted by Gasteiger charge is -2.19. The number of aromatic nitrogens is 1. The van der Waals surface area contributed by atoms with Crippen LogP contribution in [0.1, 0.15) is 41.8 Å². The van der Waals surface area contributed by atoms with Crippen molar-refractivity contribution in [1.82, 2.24) is 4.98 Å². The number of hydrogen-bond acceptors (Lipinski definition) is 4. The third-order valence-corrected chi connectivity index (χ3v) is 4.60. The van der Waals surface area contributed by atoms with Crippen LogP contribution in [-0.2, 0) is 9.53 Å². The molecule has 0 amide bonds. The van der Waals surface area contributed by atoms with E-state index in [1.54, 1.807) is 11.3 Å². The second-order valence-electron chi connectivity index (χ2n) is 4.78. The Kier molecular flexibility index (Phi) is 2.88. The molecular formula is C12H15NO3S. The van der Waals surface area contributed by atoms with E-state index >= 15 is 0 Å². The van der Waals surface area contributed by atoms with Gasteiger partial charge in [0.1, 0.15) is 0 Å². The van der Waals surface area contributed by atoms with Crippen molar-refractivity contribution in [3.05, 3.63) is 16.1 Å². The topological polar surface area (TPSA) is 59.4 Å². The molecule has 0 radical (unpaired) electrons. The van der Waals surface area contributed by atoms with Crippen LogP contribution in [0, 0.1) is 5.92 Å². The summed E-state index contributed by atoms with van der Waals surface area (Å²) in [4.78, 5) is 15.4. The van der Waals surface area contributed by atoms with E-state index in [4.69, 9.17) is 9.84 Å². The van der Waals surface area contributed by atoms with Crippen molar-refractivity contribution >= 4 is 17.3 Å². The highest BCUT2D eigenvalue weighted by Gasteiger charge is 2.46.